The van der Waals surface area contributed by atoms with Gasteiger partial charge in [0.25, 0.3) is 5.88 Å². The number of anilines is 2. The fraction of sp³-hybridized carbons (Fsp3) is 0.267. The average molecular weight is 365 g/mol. The van der Waals surface area contributed by atoms with Gasteiger partial charge in [-0.05, 0) is 24.6 Å². The predicted octanol–water partition coefficient (Wildman–Crippen LogP) is 3.00. The quantitative estimate of drug-likeness (QED) is 0.823. The van der Waals surface area contributed by atoms with Crippen LogP contribution in [0.25, 0.3) is 0 Å². The minimum atomic E-state index is -0.0726. The molecular formula is C15H17BrN4O2. The van der Waals surface area contributed by atoms with E-state index in [1.54, 1.807) is 12.4 Å². The Hall–Kier alpha value is -2.15. The van der Waals surface area contributed by atoms with E-state index >= 15 is 0 Å². The second-order valence-corrected chi connectivity index (χ2v) is 5.51. The lowest BCUT2D eigenvalue weighted by atomic mass is 10.2. The van der Waals surface area contributed by atoms with Gasteiger partial charge in [-0.15, -0.1) is 0 Å². The summed E-state index contributed by atoms with van der Waals surface area (Å²) >= 11 is 3.39. The van der Waals surface area contributed by atoms with Crippen molar-refractivity contribution in [2.24, 2.45) is 0 Å². The van der Waals surface area contributed by atoms with Crippen LogP contribution >= 0.6 is 15.9 Å². The first-order valence-corrected chi connectivity index (χ1v) is 7.54. The highest BCUT2D eigenvalue weighted by Crippen LogP contribution is 2.21. The van der Waals surface area contributed by atoms with Crippen molar-refractivity contribution >= 4 is 33.3 Å². The number of hydrogen-bond donors (Lipinski definition) is 2. The number of amides is 1. The molecule has 0 bridgehead atoms. The van der Waals surface area contributed by atoms with Gasteiger partial charge in [-0.25, -0.2) is 9.97 Å². The van der Waals surface area contributed by atoms with Gasteiger partial charge in [0, 0.05) is 35.5 Å². The molecule has 1 aromatic carbocycles. The Morgan fingerprint density at radius 1 is 1.32 bits per heavy atom. The number of methoxy groups -OCH3 is 1. The summed E-state index contributed by atoms with van der Waals surface area (Å²) in [5.41, 5.74) is 1.82. The minimum Gasteiger partial charge on any atom is -0.478 e. The Morgan fingerprint density at radius 2 is 2.09 bits per heavy atom. The van der Waals surface area contributed by atoms with Crippen molar-refractivity contribution in [2.45, 2.75) is 13.3 Å². The Balaban J connectivity index is 1.87. The molecule has 6 nitrogen and oxygen atoms in total. The zero-order valence-electron chi connectivity index (χ0n) is 12.4. The van der Waals surface area contributed by atoms with Crippen LogP contribution in [-0.4, -0.2) is 29.5 Å². The van der Waals surface area contributed by atoms with Gasteiger partial charge < -0.3 is 15.4 Å². The predicted molar refractivity (Wildman–Crippen MR) is 89.2 cm³/mol. The molecule has 1 amide bonds. The number of nitrogens with zero attached hydrogens (tertiary/aromatic N) is 2. The van der Waals surface area contributed by atoms with Gasteiger partial charge in [-0.1, -0.05) is 22.0 Å². The van der Waals surface area contributed by atoms with Gasteiger partial charge in [-0.3, -0.25) is 4.79 Å². The smallest absolute Gasteiger partial charge is 0.257 e. The van der Waals surface area contributed by atoms with Gasteiger partial charge in [0.2, 0.25) is 5.91 Å². The zero-order valence-corrected chi connectivity index (χ0v) is 14.0. The highest BCUT2D eigenvalue weighted by Gasteiger charge is 2.07. The Morgan fingerprint density at radius 3 is 2.86 bits per heavy atom. The molecule has 2 aromatic rings. The molecule has 1 heterocycles. The summed E-state index contributed by atoms with van der Waals surface area (Å²) in [6, 6.07) is 5.77. The molecule has 0 fully saturated rings. The van der Waals surface area contributed by atoms with E-state index in [4.69, 9.17) is 4.74 Å². The molecule has 0 atom stereocenters. The van der Waals surface area contributed by atoms with Crippen LogP contribution in [0.3, 0.4) is 0 Å². The van der Waals surface area contributed by atoms with E-state index in [2.05, 4.69) is 36.5 Å². The number of aryl methyl sites for hydroxylation is 1. The first-order valence-electron chi connectivity index (χ1n) is 6.75. The standard InChI is InChI=1S/C15H17BrN4O2/c1-10-3-4-11(16)9-12(10)20-13(21)5-6-17-14-15(22-2)19-8-7-18-14/h3-4,7-9H,5-6H2,1-2H3,(H,17,18)(H,20,21). The fourth-order valence-corrected chi connectivity index (χ4v) is 2.19. The Bertz CT molecular complexity index is 664. The van der Waals surface area contributed by atoms with Crippen molar-refractivity contribution in [3.8, 4) is 5.88 Å². The van der Waals surface area contributed by atoms with E-state index in [0.29, 0.717) is 24.7 Å². The largest absolute Gasteiger partial charge is 0.478 e. The SMILES string of the molecule is COc1nccnc1NCCC(=O)Nc1cc(Br)ccc1C. The van der Waals surface area contributed by atoms with Crippen LogP contribution in [0.15, 0.2) is 35.1 Å². The minimum absolute atomic E-state index is 0.0726. The van der Waals surface area contributed by atoms with Crippen LogP contribution in [0.4, 0.5) is 11.5 Å². The molecular weight excluding hydrogens is 348 g/mol. The average Bonchev–Trinajstić information content (AvgIpc) is 2.51. The molecule has 1 aromatic heterocycles. The summed E-state index contributed by atoms with van der Waals surface area (Å²) in [6.07, 6.45) is 3.42. The van der Waals surface area contributed by atoms with E-state index in [9.17, 15) is 4.79 Å². The third-order valence-corrected chi connectivity index (χ3v) is 3.47. The molecule has 0 radical (unpaired) electrons. The maximum atomic E-state index is 12.0. The lowest BCUT2D eigenvalue weighted by molar-refractivity contribution is -0.115. The number of carbonyl (C=O) groups is 1. The van der Waals surface area contributed by atoms with Gasteiger partial charge >= 0.3 is 0 Å². The maximum Gasteiger partial charge on any atom is 0.257 e. The van der Waals surface area contributed by atoms with Crippen molar-refractivity contribution in [1.29, 1.82) is 0 Å². The third-order valence-electron chi connectivity index (χ3n) is 2.98. The Kier molecular flexibility index (Phi) is 5.71. The molecule has 0 aliphatic rings. The second kappa shape index (κ2) is 7.74. The van der Waals surface area contributed by atoms with Gasteiger partial charge in [0.05, 0.1) is 7.11 Å². The highest BCUT2D eigenvalue weighted by atomic mass is 79.9. The van der Waals surface area contributed by atoms with Crippen LogP contribution in [0, 0.1) is 6.92 Å². The molecule has 2 rings (SSSR count). The molecule has 22 heavy (non-hydrogen) atoms. The number of rotatable bonds is 6. The number of ether oxygens (including phenoxy) is 1. The molecule has 0 aliphatic heterocycles. The molecule has 7 heteroatoms. The zero-order chi connectivity index (χ0) is 15.9. The highest BCUT2D eigenvalue weighted by molar-refractivity contribution is 9.10. The lowest BCUT2D eigenvalue weighted by Gasteiger charge is -2.10. The van der Waals surface area contributed by atoms with Crippen molar-refractivity contribution in [3.05, 3.63) is 40.6 Å². The summed E-state index contributed by atoms with van der Waals surface area (Å²) in [4.78, 5) is 20.1. The van der Waals surface area contributed by atoms with Crippen LogP contribution in [0.2, 0.25) is 0 Å². The number of halogens is 1. The van der Waals surface area contributed by atoms with Crippen molar-refractivity contribution in [1.82, 2.24) is 9.97 Å². The molecule has 0 saturated heterocycles. The maximum absolute atomic E-state index is 12.0. The normalized spacial score (nSPS) is 10.1. The second-order valence-electron chi connectivity index (χ2n) is 4.60. The summed E-state index contributed by atoms with van der Waals surface area (Å²) in [7, 11) is 1.53. The van der Waals surface area contributed by atoms with Crippen molar-refractivity contribution in [3.63, 3.8) is 0 Å². The van der Waals surface area contributed by atoms with Crippen molar-refractivity contribution in [2.75, 3.05) is 24.3 Å². The van der Waals surface area contributed by atoms with Crippen LogP contribution in [-0.2, 0) is 4.79 Å². The van der Waals surface area contributed by atoms with E-state index in [1.807, 2.05) is 25.1 Å². The summed E-state index contributed by atoms with van der Waals surface area (Å²) in [5.74, 6) is 0.860. The van der Waals surface area contributed by atoms with Crippen molar-refractivity contribution < 1.29 is 9.53 Å². The molecule has 0 saturated carbocycles. The number of hydrogen-bond acceptors (Lipinski definition) is 5. The molecule has 0 aliphatic carbocycles. The van der Waals surface area contributed by atoms with Crippen LogP contribution in [0.1, 0.15) is 12.0 Å². The van der Waals surface area contributed by atoms with Crippen LogP contribution < -0.4 is 15.4 Å². The fourth-order valence-electron chi connectivity index (χ4n) is 1.83. The third kappa shape index (κ3) is 4.42. The van der Waals surface area contributed by atoms with Gasteiger partial charge in [0.1, 0.15) is 0 Å². The Labute approximate surface area is 137 Å². The van der Waals surface area contributed by atoms with E-state index in [-0.39, 0.29) is 5.91 Å². The molecule has 0 unspecified atom stereocenters. The number of aromatic nitrogens is 2. The van der Waals surface area contributed by atoms with Crippen LogP contribution in [0.5, 0.6) is 5.88 Å². The summed E-state index contributed by atoms with van der Waals surface area (Å²) < 4.78 is 6.01. The molecule has 116 valence electrons. The summed E-state index contributed by atoms with van der Waals surface area (Å²) in [5, 5.41) is 5.93. The number of carbonyl (C=O) groups excluding carboxylic acids is 1. The van der Waals surface area contributed by atoms with Gasteiger partial charge in [-0.2, -0.15) is 0 Å². The van der Waals surface area contributed by atoms with Gasteiger partial charge in [0.15, 0.2) is 5.82 Å². The number of nitrogens with one attached hydrogen (secondary N) is 2. The number of benzene rings is 1. The molecule has 2 N–H and O–H groups in total. The topological polar surface area (TPSA) is 76.1 Å². The lowest BCUT2D eigenvalue weighted by Crippen LogP contribution is -2.17. The van der Waals surface area contributed by atoms with E-state index in [0.717, 1.165) is 15.7 Å². The summed E-state index contributed by atoms with van der Waals surface area (Å²) in [6.45, 7) is 2.39. The first kappa shape index (κ1) is 16.2. The van der Waals surface area contributed by atoms with E-state index < -0.39 is 0 Å². The van der Waals surface area contributed by atoms with E-state index in [1.165, 1.54) is 7.11 Å². The monoisotopic (exact) mass is 364 g/mol. The molecule has 0 spiro atoms. The first-order chi connectivity index (χ1) is 10.6.